The summed E-state index contributed by atoms with van der Waals surface area (Å²) in [5.74, 6) is -0.155. The number of nitrogens with zero attached hydrogens (tertiary/aromatic N) is 1. The van der Waals surface area contributed by atoms with Crippen LogP contribution in [0.4, 0.5) is 4.79 Å². The molecule has 27 heavy (non-hydrogen) atoms. The summed E-state index contributed by atoms with van der Waals surface area (Å²) in [6, 6.07) is 3.70. The van der Waals surface area contributed by atoms with Crippen molar-refractivity contribution in [2.75, 3.05) is 6.54 Å². The van der Waals surface area contributed by atoms with Crippen LogP contribution in [0.2, 0.25) is 0 Å². The van der Waals surface area contributed by atoms with Crippen LogP contribution in [0.3, 0.4) is 0 Å². The Bertz CT molecular complexity index is 694. The molecule has 1 unspecified atom stereocenters. The summed E-state index contributed by atoms with van der Waals surface area (Å²) < 4.78 is 26.9. The molecule has 0 aliphatic rings. The lowest BCUT2D eigenvalue weighted by molar-refractivity contribution is 0.0451. The molecule has 8 nitrogen and oxygen atoms in total. The van der Waals surface area contributed by atoms with Crippen LogP contribution in [0.5, 0.6) is 0 Å². The molecule has 0 aromatic carbocycles. The first-order valence-corrected chi connectivity index (χ1v) is 10.6. The molecule has 3 atom stereocenters. The number of carboxylic acid groups (broad SMARTS) is 1. The number of rotatable bonds is 11. The molecule has 0 fully saturated rings. The van der Waals surface area contributed by atoms with Crippen molar-refractivity contribution in [3.63, 3.8) is 0 Å². The van der Waals surface area contributed by atoms with Gasteiger partial charge in [-0.1, -0.05) is 46.6 Å². The van der Waals surface area contributed by atoms with E-state index in [4.69, 9.17) is 0 Å². The SMILES string of the molecule is CCCC([C@H](NC(=O)O)[C@H](O)CNS(=O)(=O)c1ccccn1)C(C)(C)CC. The predicted molar refractivity (Wildman–Crippen MR) is 103 cm³/mol. The summed E-state index contributed by atoms with van der Waals surface area (Å²) in [4.78, 5) is 15.1. The smallest absolute Gasteiger partial charge is 0.404 e. The van der Waals surface area contributed by atoms with Crippen molar-refractivity contribution >= 4 is 16.1 Å². The standard InChI is InChI=1S/C18H31N3O5S/c1-5-9-13(18(3,4)6-2)16(21-17(23)24)14(22)12-20-27(25,26)15-10-7-8-11-19-15/h7-8,10-11,13-14,16,20-22H,5-6,9,12H2,1-4H3,(H,23,24)/t13?,14-,16+/m1/s1. The van der Waals surface area contributed by atoms with E-state index in [0.717, 1.165) is 12.8 Å². The molecule has 1 heterocycles. The summed E-state index contributed by atoms with van der Waals surface area (Å²) in [6.45, 7) is 7.73. The van der Waals surface area contributed by atoms with E-state index in [1.54, 1.807) is 12.1 Å². The minimum atomic E-state index is -3.89. The summed E-state index contributed by atoms with van der Waals surface area (Å²) in [6.07, 6.45) is 1.21. The second kappa shape index (κ2) is 10.0. The predicted octanol–water partition coefficient (Wildman–Crippen LogP) is 2.21. The number of carbonyl (C=O) groups is 1. The van der Waals surface area contributed by atoms with Crippen LogP contribution in [0, 0.1) is 11.3 Å². The first-order valence-electron chi connectivity index (χ1n) is 9.13. The third kappa shape index (κ3) is 6.75. The molecule has 0 saturated carbocycles. The second-order valence-corrected chi connectivity index (χ2v) is 9.01. The van der Waals surface area contributed by atoms with Crippen molar-refractivity contribution in [1.82, 2.24) is 15.0 Å². The van der Waals surface area contributed by atoms with Gasteiger partial charge in [0.15, 0.2) is 5.03 Å². The van der Waals surface area contributed by atoms with Gasteiger partial charge in [-0.2, -0.15) is 0 Å². The Hall–Kier alpha value is -1.71. The minimum absolute atomic E-state index is 0.154. The molecular formula is C18H31N3O5S. The quantitative estimate of drug-likeness (QED) is 0.450. The van der Waals surface area contributed by atoms with Gasteiger partial charge < -0.3 is 15.5 Å². The van der Waals surface area contributed by atoms with Gasteiger partial charge in [0.2, 0.25) is 0 Å². The van der Waals surface area contributed by atoms with E-state index in [1.165, 1.54) is 12.3 Å². The maximum Gasteiger partial charge on any atom is 0.404 e. The van der Waals surface area contributed by atoms with E-state index in [-0.39, 0.29) is 22.9 Å². The maximum atomic E-state index is 12.3. The van der Waals surface area contributed by atoms with E-state index in [1.807, 2.05) is 27.7 Å². The molecule has 0 spiro atoms. The molecule has 0 aliphatic carbocycles. The molecule has 0 aliphatic heterocycles. The fourth-order valence-corrected chi connectivity index (χ4v) is 4.13. The Balaban J connectivity index is 3.00. The Morgan fingerprint density at radius 2 is 1.96 bits per heavy atom. The van der Waals surface area contributed by atoms with E-state index in [2.05, 4.69) is 15.0 Å². The minimum Gasteiger partial charge on any atom is -0.465 e. The highest BCUT2D eigenvalue weighted by molar-refractivity contribution is 7.89. The van der Waals surface area contributed by atoms with E-state index in [0.29, 0.717) is 6.42 Å². The van der Waals surface area contributed by atoms with Crippen LogP contribution >= 0.6 is 0 Å². The van der Waals surface area contributed by atoms with E-state index in [9.17, 15) is 23.4 Å². The van der Waals surface area contributed by atoms with Gasteiger partial charge in [0.05, 0.1) is 12.1 Å². The topological polar surface area (TPSA) is 129 Å². The molecule has 9 heteroatoms. The number of nitrogens with one attached hydrogen (secondary N) is 2. The molecule has 1 aromatic heterocycles. The van der Waals surface area contributed by atoms with Crippen LogP contribution in [-0.2, 0) is 10.0 Å². The van der Waals surface area contributed by atoms with Gasteiger partial charge in [-0.05, 0) is 29.9 Å². The lowest BCUT2D eigenvalue weighted by Gasteiger charge is -2.41. The number of pyridine rings is 1. The van der Waals surface area contributed by atoms with Crippen molar-refractivity contribution in [1.29, 1.82) is 0 Å². The van der Waals surface area contributed by atoms with Gasteiger partial charge in [0.1, 0.15) is 0 Å². The highest BCUT2D eigenvalue weighted by Gasteiger charge is 2.38. The number of hydrogen-bond donors (Lipinski definition) is 4. The zero-order valence-electron chi connectivity index (χ0n) is 16.3. The second-order valence-electron chi connectivity index (χ2n) is 7.30. The first kappa shape index (κ1) is 23.3. The van der Waals surface area contributed by atoms with Gasteiger partial charge in [0, 0.05) is 12.7 Å². The van der Waals surface area contributed by atoms with Crippen molar-refractivity contribution in [3.05, 3.63) is 24.4 Å². The largest absolute Gasteiger partial charge is 0.465 e. The summed E-state index contributed by atoms with van der Waals surface area (Å²) in [7, 11) is -3.89. The van der Waals surface area contributed by atoms with Crippen molar-refractivity contribution < 1.29 is 23.4 Å². The van der Waals surface area contributed by atoms with Crippen LogP contribution < -0.4 is 10.0 Å². The Labute approximate surface area is 161 Å². The molecule has 0 saturated heterocycles. The van der Waals surface area contributed by atoms with Gasteiger partial charge in [0.25, 0.3) is 10.0 Å². The Morgan fingerprint density at radius 3 is 2.44 bits per heavy atom. The van der Waals surface area contributed by atoms with Crippen molar-refractivity contribution in [2.24, 2.45) is 11.3 Å². The van der Waals surface area contributed by atoms with E-state index >= 15 is 0 Å². The van der Waals surface area contributed by atoms with Gasteiger partial charge in [-0.15, -0.1) is 0 Å². The van der Waals surface area contributed by atoms with Gasteiger partial charge in [-0.3, -0.25) is 0 Å². The van der Waals surface area contributed by atoms with Gasteiger partial charge in [-0.25, -0.2) is 22.9 Å². The van der Waals surface area contributed by atoms with Crippen LogP contribution in [0.15, 0.2) is 29.4 Å². The lowest BCUT2D eigenvalue weighted by atomic mass is 9.69. The van der Waals surface area contributed by atoms with Crippen LogP contribution in [0.1, 0.15) is 47.0 Å². The van der Waals surface area contributed by atoms with Crippen LogP contribution in [0.25, 0.3) is 0 Å². The molecule has 4 N–H and O–H groups in total. The number of aliphatic hydroxyl groups is 1. The Kier molecular flexibility index (Phi) is 8.64. The molecule has 1 rings (SSSR count). The lowest BCUT2D eigenvalue weighted by Crippen LogP contribution is -2.55. The third-order valence-electron chi connectivity index (χ3n) is 5.05. The molecular weight excluding hydrogens is 370 g/mol. The molecule has 1 aromatic rings. The summed E-state index contributed by atoms with van der Waals surface area (Å²) >= 11 is 0. The molecule has 1 amide bonds. The maximum absolute atomic E-state index is 12.3. The third-order valence-corrected chi connectivity index (χ3v) is 6.39. The molecule has 0 radical (unpaired) electrons. The zero-order chi connectivity index (χ0) is 20.7. The van der Waals surface area contributed by atoms with Crippen molar-refractivity contribution in [3.8, 4) is 0 Å². The first-order chi connectivity index (χ1) is 12.5. The van der Waals surface area contributed by atoms with Gasteiger partial charge >= 0.3 is 6.09 Å². The van der Waals surface area contributed by atoms with Crippen molar-refractivity contribution in [2.45, 2.75) is 64.1 Å². The monoisotopic (exact) mass is 401 g/mol. The summed E-state index contributed by atoms with van der Waals surface area (Å²) in [5.41, 5.74) is -0.232. The number of aliphatic hydroxyl groups excluding tert-OH is 1. The normalized spacial score (nSPS) is 15.7. The summed E-state index contributed by atoms with van der Waals surface area (Å²) in [5, 5.41) is 22.1. The number of sulfonamides is 1. The number of hydrogen-bond acceptors (Lipinski definition) is 5. The number of amides is 1. The molecule has 154 valence electrons. The fraction of sp³-hybridized carbons (Fsp3) is 0.667. The van der Waals surface area contributed by atoms with Crippen LogP contribution in [-0.4, -0.2) is 48.4 Å². The number of aromatic nitrogens is 1. The average Bonchev–Trinajstić information content (AvgIpc) is 2.63. The highest BCUT2D eigenvalue weighted by atomic mass is 32.2. The molecule has 0 bridgehead atoms. The zero-order valence-corrected chi connectivity index (χ0v) is 17.2. The highest BCUT2D eigenvalue weighted by Crippen LogP contribution is 2.37. The Morgan fingerprint density at radius 1 is 1.30 bits per heavy atom. The average molecular weight is 402 g/mol. The van der Waals surface area contributed by atoms with E-state index < -0.39 is 28.3 Å². The fourth-order valence-electron chi connectivity index (χ4n) is 3.14.